The number of rotatable bonds is 5. The first-order valence-corrected chi connectivity index (χ1v) is 7.27. The highest BCUT2D eigenvalue weighted by molar-refractivity contribution is 7.13. The van der Waals surface area contributed by atoms with E-state index in [0.717, 1.165) is 31.3 Å². The summed E-state index contributed by atoms with van der Waals surface area (Å²) in [5.41, 5.74) is 5.54. The number of nitrogens with two attached hydrogens (primary N) is 1. The lowest BCUT2D eigenvalue weighted by molar-refractivity contribution is -0.133. The van der Waals surface area contributed by atoms with Crippen LogP contribution in [-0.2, 0) is 9.53 Å². The van der Waals surface area contributed by atoms with E-state index >= 15 is 0 Å². The van der Waals surface area contributed by atoms with E-state index in [0.29, 0.717) is 13.0 Å². The summed E-state index contributed by atoms with van der Waals surface area (Å²) >= 11 is 1.63. The Morgan fingerprint density at radius 1 is 1.53 bits per heavy atom. The first kappa shape index (κ1) is 14.2. The van der Waals surface area contributed by atoms with E-state index in [9.17, 15) is 4.79 Å². The molecule has 19 heavy (non-hydrogen) atoms. The van der Waals surface area contributed by atoms with Gasteiger partial charge in [0.2, 0.25) is 5.91 Å². The Morgan fingerprint density at radius 3 is 2.79 bits per heavy atom. The number of aromatic nitrogens is 1. The molecule has 1 aromatic rings. The number of hydrogen-bond acceptors (Lipinski definition) is 6. The van der Waals surface area contributed by atoms with Crippen LogP contribution in [0.5, 0.6) is 0 Å². The average Bonchev–Trinajstić information content (AvgIpc) is 2.99. The summed E-state index contributed by atoms with van der Waals surface area (Å²) in [6, 6.07) is 0. The molecule has 0 radical (unpaired) electrons. The molecule has 1 atom stereocenters. The quantitative estimate of drug-likeness (QED) is 0.833. The monoisotopic (exact) mass is 284 g/mol. The first-order valence-electron chi connectivity index (χ1n) is 6.39. The van der Waals surface area contributed by atoms with Gasteiger partial charge in [-0.1, -0.05) is 0 Å². The Morgan fingerprint density at radius 2 is 2.26 bits per heavy atom. The van der Waals surface area contributed by atoms with Gasteiger partial charge in [0.25, 0.3) is 0 Å². The maximum absolute atomic E-state index is 12.1. The molecule has 1 aliphatic rings. The zero-order valence-corrected chi connectivity index (χ0v) is 11.9. The fourth-order valence-electron chi connectivity index (χ4n) is 2.11. The van der Waals surface area contributed by atoms with Crippen molar-refractivity contribution in [1.82, 2.24) is 9.88 Å². The lowest BCUT2D eigenvalue weighted by Gasteiger charge is -2.35. The Balaban J connectivity index is 1.81. The van der Waals surface area contributed by atoms with Gasteiger partial charge in [-0.2, -0.15) is 0 Å². The molecular formula is C12H20N4O2S. The number of methoxy groups -OCH3 is 1. The van der Waals surface area contributed by atoms with Crippen LogP contribution in [0.15, 0.2) is 11.6 Å². The number of ether oxygens (including phenoxy) is 1. The maximum atomic E-state index is 12.1. The third-order valence-corrected chi connectivity index (χ3v) is 4.15. The molecule has 1 fully saturated rings. The standard InChI is InChI=1S/C12H20N4O2S/c1-18-10(9-13)8-11(17)15-3-5-16(6-4-15)12-14-2-7-19-12/h2,7,10H,3-6,8-9,13H2,1H3. The van der Waals surface area contributed by atoms with Crippen LogP contribution >= 0.6 is 11.3 Å². The molecule has 6 nitrogen and oxygen atoms in total. The summed E-state index contributed by atoms with van der Waals surface area (Å²) < 4.78 is 5.15. The molecule has 2 rings (SSSR count). The largest absolute Gasteiger partial charge is 0.380 e. The second-order valence-corrected chi connectivity index (χ2v) is 5.35. The summed E-state index contributed by atoms with van der Waals surface area (Å²) in [6.07, 6.45) is 2.00. The van der Waals surface area contributed by atoms with Crippen molar-refractivity contribution in [3.8, 4) is 0 Å². The van der Waals surface area contributed by atoms with Crippen LogP contribution in [0.25, 0.3) is 0 Å². The van der Waals surface area contributed by atoms with Crippen molar-refractivity contribution < 1.29 is 9.53 Å². The fourth-order valence-corrected chi connectivity index (χ4v) is 2.80. The number of carbonyl (C=O) groups is 1. The molecule has 1 unspecified atom stereocenters. The third kappa shape index (κ3) is 3.65. The van der Waals surface area contributed by atoms with E-state index in [4.69, 9.17) is 10.5 Å². The normalized spacial score (nSPS) is 17.6. The summed E-state index contributed by atoms with van der Waals surface area (Å²) in [5, 5.41) is 3.00. The zero-order valence-electron chi connectivity index (χ0n) is 11.1. The Labute approximate surface area is 117 Å². The number of carbonyl (C=O) groups excluding carboxylic acids is 1. The van der Waals surface area contributed by atoms with Gasteiger partial charge in [0.05, 0.1) is 12.5 Å². The number of nitrogens with zero attached hydrogens (tertiary/aromatic N) is 3. The predicted octanol–water partition coefficient (Wildman–Crippen LogP) is 0.156. The molecule has 1 saturated heterocycles. The van der Waals surface area contributed by atoms with Crippen molar-refractivity contribution in [3.05, 3.63) is 11.6 Å². The average molecular weight is 284 g/mol. The zero-order chi connectivity index (χ0) is 13.7. The minimum absolute atomic E-state index is 0.121. The molecule has 0 aromatic carbocycles. The van der Waals surface area contributed by atoms with Gasteiger partial charge in [0.15, 0.2) is 5.13 Å². The van der Waals surface area contributed by atoms with Crippen molar-refractivity contribution in [2.24, 2.45) is 5.73 Å². The fraction of sp³-hybridized carbons (Fsp3) is 0.667. The van der Waals surface area contributed by atoms with Crippen LogP contribution in [0, 0.1) is 0 Å². The molecule has 0 saturated carbocycles. The van der Waals surface area contributed by atoms with Gasteiger partial charge in [0.1, 0.15) is 0 Å². The van der Waals surface area contributed by atoms with Crippen molar-refractivity contribution in [2.75, 3.05) is 44.7 Å². The number of piperazine rings is 1. The highest BCUT2D eigenvalue weighted by Gasteiger charge is 2.23. The first-order chi connectivity index (χ1) is 9.24. The second kappa shape index (κ2) is 6.83. The van der Waals surface area contributed by atoms with Gasteiger partial charge >= 0.3 is 0 Å². The highest BCUT2D eigenvalue weighted by Crippen LogP contribution is 2.19. The molecule has 1 aromatic heterocycles. The molecule has 7 heteroatoms. The highest BCUT2D eigenvalue weighted by atomic mass is 32.1. The molecule has 0 spiro atoms. The molecule has 1 amide bonds. The van der Waals surface area contributed by atoms with Crippen LogP contribution in [0.2, 0.25) is 0 Å². The van der Waals surface area contributed by atoms with Crippen molar-refractivity contribution in [2.45, 2.75) is 12.5 Å². The minimum atomic E-state index is -0.176. The topological polar surface area (TPSA) is 71.7 Å². The van der Waals surface area contributed by atoms with Crippen LogP contribution in [0.4, 0.5) is 5.13 Å². The van der Waals surface area contributed by atoms with Gasteiger partial charge < -0.3 is 20.3 Å². The van der Waals surface area contributed by atoms with Gasteiger partial charge in [-0.05, 0) is 0 Å². The van der Waals surface area contributed by atoms with E-state index in [2.05, 4.69) is 9.88 Å². The van der Waals surface area contributed by atoms with Gasteiger partial charge in [-0.15, -0.1) is 11.3 Å². The van der Waals surface area contributed by atoms with Gasteiger partial charge in [-0.25, -0.2) is 4.98 Å². The molecular weight excluding hydrogens is 264 g/mol. The molecule has 2 heterocycles. The van der Waals surface area contributed by atoms with Crippen LogP contribution < -0.4 is 10.6 Å². The van der Waals surface area contributed by atoms with Gasteiger partial charge in [-0.3, -0.25) is 4.79 Å². The SMILES string of the molecule is COC(CN)CC(=O)N1CCN(c2nccs2)CC1. The molecule has 0 bridgehead atoms. The van der Waals surface area contributed by atoms with Gasteiger partial charge in [0, 0.05) is 51.4 Å². The number of amides is 1. The molecule has 2 N–H and O–H groups in total. The summed E-state index contributed by atoms with van der Waals surface area (Å²) in [5.74, 6) is 0.121. The van der Waals surface area contributed by atoms with Crippen molar-refractivity contribution in [1.29, 1.82) is 0 Å². The molecule has 0 aliphatic carbocycles. The molecule has 1 aliphatic heterocycles. The minimum Gasteiger partial charge on any atom is -0.380 e. The predicted molar refractivity (Wildman–Crippen MR) is 75.4 cm³/mol. The van der Waals surface area contributed by atoms with Crippen LogP contribution in [-0.4, -0.2) is 61.7 Å². The Kier molecular flexibility index (Phi) is 5.12. The Bertz CT molecular complexity index is 386. The van der Waals surface area contributed by atoms with Crippen molar-refractivity contribution in [3.63, 3.8) is 0 Å². The third-order valence-electron chi connectivity index (χ3n) is 3.32. The van der Waals surface area contributed by atoms with E-state index < -0.39 is 0 Å². The summed E-state index contributed by atoms with van der Waals surface area (Å²) in [4.78, 5) is 20.5. The van der Waals surface area contributed by atoms with E-state index in [1.54, 1.807) is 18.4 Å². The van der Waals surface area contributed by atoms with E-state index in [-0.39, 0.29) is 12.0 Å². The number of hydrogen-bond donors (Lipinski definition) is 1. The lowest BCUT2D eigenvalue weighted by atomic mass is 10.2. The Hall–Kier alpha value is -1.18. The van der Waals surface area contributed by atoms with Crippen LogP contribution in [0.1, 0.15) is 6.42 Å². The smallest absolute Gasteiger partial charge is 0.225 e. The van der Waals surface area contributed by atoms with Crippen LogP contribution in [0.3, 0.4) is 0 Å². The number of anilines is 1. The number of thiazole rings is 1. The van der Waals surface area contributed by atoms with E-state index in [1.165, 1.54) is 0 Å². The van der Waals surface area contributed by atoms with E-state index in [1.807, 2.05) is 16.5 Å². The molecule has 106 valence electrons. The summed E-state index contributed by atoms with van der Waals surface area (Å²) in [7, 11) is 1.59. The second-order valence-electron chi connectivity index (χ2n) is 4.48. The maximum Gasteiger partial charge on any atom is 0.225 e. The lowest BCUT2D eigenvalue weighted by Crippen LogP contribution is -2.49. The van der Waals surface area contributed by atoms with Crippen molar-refractivity contribution >= 4 is 22.4 Å². The summed E-state index contributed by atoms with van der Waals surface area (Å²) in [6.45, 7) is 3.51.